The van der Waals surface area contributed by atoms with Gasteiger partial charge in [0.25, 0.3) is 0 Å². The number of nitrogens with zero attached hydrogens (tertiary/aromatic N) is 2. The van der Waals surface area contributed by atoms with E-state index in [-0.39, 0.29) is 0 Å². The van der Waals surface area contributed by atoms with Crippen LogP contribution in [0.15, 0.2) is 162 Å². The van der Waals surface area contributed by atoms with Crippen molar-refractivity contribution in [1.82, 2.24) is 9.97 Å². The van der Waals surface area contributed by atoms with Gasteiger partial charge in [-0.05, 0) is 23.8 Å². The average Bonchev–Trinajstić information content (AvgIpc) is 3.49. The molecule has 3 aromatic heterocycles. The largest absolute Gasteiger partial charge is 0.455 e. The lowest BCUT2D eigenvalue weighted by atomic mass is 10.00. The molecule has 202 valence electrons. The van der Waals surface area contributed by atoms with E-state index >= 15 is 0 Å². The van der Waals surface area contributed by atoms with Crippen LogP contribution < -0.4 is 0 Å². The minimum atomic E-state index is 0.872. The highest BCUT2D eigenvalue weighted by Gasteiger charge is 2.16. The van der Waals surface area contributed by atoms with Crippen molar-refractivity contribution < 1.29 is 4.42 Å². The smallest absolute Gasteiger partial charge is 0.143 e. The number of para-hydroxylation sites is 2. The van der Waals surface area contributed by atoms with Crippen LogP contribution in [0.2, 0.25) is 0 Å². The summed E-state index contributed by atoms with van der Waals surface area (Å²) < 4.78 is 6.63. The second-order valence-corrected chi connectivity index (χ2v) is 10.6. The minimum absolute atomic E-state index is 0.872. The van der Waals surface area contributed by atoms with E-state index in [4.69, 9.17) is 14.4 Å². The lowest BCUT2D eigenvalue weighted by Crippen LogP contribution is -1.92. The fraction of sp³-hybridized carbons (Fsp3) is 0. The van der Waals surface area contributed by atoms with E-state index < -0.39 is 0 Å². The molecule has 0 amide bonds. The molecule has 3 nitrogen and oxygen atoms in total. The summed E-state index contributed by atoms with van der Waals surface area (Å²) in [7, 11) is 0. The van der Waals surface area contributed by atoms with Crippen molar-refractivity contribution in [3.05, 3.63) is 158 Å². The first kappa shape index (κ1) is 25.0. The molecule has 0 unspecified atom stereocenters. The van der Waals surface area contributed by atoms with Crippen molar-refractivity contribution >= 4 is 21.9 Å². The highest BCUT2D eigenvalue weighted by molar-refractivity contribution is 6.13. The van der Waals surface area contributed by atoms with E-state index in [0.717, 1.165) is 78.0 Å². The van der Waals surface area contributed by atoms with Gasteiger partial charge in [0.05, 0.1) is 17.1 Å². The van der Waals surface area contributed by atoms with Gasteiger partial charge < -0.3 is 4.42 Å². The summed E-state index contributed by atoms with van der Waals surface area (Å²) in [4.78, 5) is 9.96. The van der Waals surface area contributed by atoms with Crippen molar-refractivity contribution in [3.8, 4) is 56.0 Å². The van der Waals surface area contributed by atoms with Crippen LogP contribution in [0.1, 0.15) is 0 Å². The topological polar surface area (TPSA) is 38.9 Å². The fourth-order valence-corrected chi connectivity index (χ4v) is 5.81. The molecule has 3 heteroatoms. The summed E-state index contributed by atoms with van der Waals surface area (Å²) in [6.45, 7) is 0. The third kappa shape index (κ3) is 4.58. The summed E-state index contributed by atoms with van der Waals surface area (Å²) in [5.41, 5.74) is 11.9. The first-order valence-electron chi connectivity index (χ1n) is 14.4. The molecular formula is C40H26N2O. The molecule has 0 aliphatic rings. The zero-order valence-electron chi connectivity index (χ0n) is 23.3. The van der Waals surface area contributed by atoms with E-state index in [2.05, 4.69) is 109 Å². The molecule has 43 heavy (non-hydrogen) atoms. The minimum Gasteiger partial charge on any atom is -0.455 e. The number of furan rings is 1. The normalized spacial score (nSPS) is 11.3. The summed E-state index contributed by atoms with van der Waals surface area (Å²) in [6.07, 6.45) is 1.94. The predicted molar refractivity (Wildman–Crippen MR) is 176 cm³/mol. The van der Waals surface area contributed by atoms with Crippen LogP contribution in [-0.4, -0.2) is 9.97 Å². The molecule has 8 rings (SSSR count). The van der Waals surface area contributed by atoms with Crippen LogP contribution in [-0.2, 0) is 0 Å². The van der Waals surface area contributed by atoms with Gasteiger partial charge in [-0.15, -0.1) is 0 Å². The molecule has 0 fully saturated rings. The zero-order valence-corrected chi connectivity index (χ0v) is 23.3. The van der Waals surface area contributed by atoms with E-state index in [9.17, 15) is 0 Å². The van der Waals surface area contributed by atoms with Gasteiger partial charge in [0.1, 0.15) is 11.2 Å². The molecule has 0 saturated heterocycles. The third-order valence-corrected chi connectivity index (χ3v) is 7.94. The number of rotatable bonds is 5. The van der Waals surface area contributed by atoms with Crippen molar-refractivity contribution in [3.63, 3.8) is 0 Å². The molecule has 0 radical (unpaired) electrons. The number of hydrogen-bond donors (Lipinski definition) is 0. The monoisotopic (exact) mass is 550 g/mol. The van der Waals surface area contributed by atoms with Gasteiger partial charge in [0.2, 0.25) is 0 Å². The van der Waals surface area contributed by atoms with Gasteiger partial charge in [-0.25, -0.2) is 4.98 Å². The van der Waals surface area contributed by atoms with Gasteiger partial charge in [0.15, 0.2) is 0 Å². The van der Waals surface area contributed by atoms with E-state index in [1.807, 2.05) is 48.7 Å². The van der Waals surface area contributed by atoms with Crippen molar-refractivity contribution in [2.24, 2.45) is 0 Å². The first-order valence-corrected chi connectivity index (χ1v) is 14.4. The van der Waals surface area contributed by atoms with Crippen molar-refractivity contribution in [2.45, 2.75) is 0 Å². The maximum absolute atomic E-state index is 6.63. The van der Waals surface area contributed by atoms with E-state index in [1.54, 1.807) is 0 Å². The predicted octanol–water partition coefficient (Wildman–Crippen LogP) is 10.7. The molecular weight excluding hydrogens is 524 g/mol. The standard InChI is InChI=1S/C40H26N2O/c1-4-12-27(13-5-1)32-18-10-20-34-35-21-11-19-33(40(35)43-39(32)34)30-22-23-36(41-26-30)31-24-37(28-14-6-2-7-15-28)42-38(25-31)29-16-8-3-9-17-29/h1-26H. The lowest BCUT2D eigenvalue weighted by molar-refractivity contribution is 0.671. The summed E-state index contributed by atoms with van der Waals surface area (Å²) in [6, 6.07) is 52.1. The Hall–Kier alpha value is -5.80. The molecule has 0 aliphatic carbocycles. The Morgan fingerprint density at radius 2 is 0.884 bits per heavy atom. The van der Waals surface area contributed by atoms with Crippen molar-refractivity contribution in [1.29, 1.82) is 0 Å². The first-order chi connectivity index (χ1) is 21.3. The lowest BCUT2D eigenvalue weighted by Gasteiger charge is -2.10. The van der Waals surface area contributed by atoms with Gasteiger partial charge in [-0.1, -0.05) is 133 Å². The number of fused-ring (bicyclic) bond motifs is 3. The highest BCUT2D eigenvalue weighted by atomic mass is 16.3. The van der Waals surface area contributed by atoms with Crippen LogP contribution in [0.4, 0.5) is 0 Å². The number of pyridine rings is 2. The van der Waals surface area contributed by atoms with Gasteiger partial charge >= 0.3 is 0 Å². The maximum Gasteiger partial charge on any atom is 0.143 e. The summed E-state index contributed by atoms with van der Waals surface area (Å²) in [5, 5.41) is 2.21. The van der Waals surface area contributed by atoms with Gasteiger partial charge in [0, 0.05) is 50.4 Å². The van der Waals surface area contributed by atoms with E-state index in [1.165, 1.54) is 0 Å². The Kier molecular flexibility index (Phi) is 6.12. The quantitative estimate of drug-likeness (QED) is 0.214. The van der Waals surface area contributed by atoms with Crippen LogP contribution >= 0.6 is 0 Å². The summed E-state index contributed by atoms with van der Waals surface area (Å²) in [5.74, 6) is 0. The number of aromatic nitrogens is 2. The number of hydrogen-bond acceptors (Lipinski definition) is 3. The molecule has 5 aromatic carbocycles. The van der Waals surface area contributed by atoms with Crippen LogP contribution in [0.5, 0.6) is 0 Å². The SMILES string of the molecule is c1ccc(-c2cc(-c3ccc(-c4cccc5c4oc4c(-c6ccccc6)cccc45)cn3)cc(-c3ccccc3)n2)cc1. The zero-order chi connectivity index (χ0) is 28.6. The molecule has 0 spiro atoms. The van der Waals surface area contributed by atoms with Crippen molar-refractivity contribution in [2.75, 3.05) is 0 Å². The van der Waals surface area contributed by atoms with Gasteiger partial charge in [-0.3, -0.25) is 4.98 Å². The number of benzene rings is 5. The molecule has 0 aliphatic heterocycles. The van der Waals surface area contributed by atoms with E-state index in [0.29, 0.717) is 0 Å². The maximum atomic E-state index is 6.63. The fourth-order valence-electron chi connectivity index (χ4n) is 5.81. The summed E-state index contributed by atoms with van der Waals surface area (Å²) >= 11 is 0. The van der Waals surface area contributed by atoms with Crippen LogP contribution in [0.25, 0.3) is 78.0 Å². The second-order valence-electron chi connectivity index (χ2n) is 10.6. The van der Waals surface area contributed by atoms with Crippen LogP contribution in [0, 0.1) is 0 Å². The van der Waals surface area contributed by atoms with Gasteiger partial charge in [-0.2, -0.15) is 0 Å². The molecule has 0 atom stereocenters. The molecule has 3 heterocycles. The molecule has 0 N–H and O–H groups in total. The third-order valence-electron chi connectivity index (χ3n) is 7.94. The second kappa shape index (κ2) is 10.6. The molecule has 8 aromatic rings. The Balaban J connectivity index is 1.23. The Morgan fingerprint density at radius 3 is 1.40 bits per heavy atom. The Bertz CT molecular complexity index is 2140. The average molecular weight is 551 g/mol. The Labute approximate surface area is 249 Å². The highest BCUT2D eigenvalue weighted by Crippen LogP contribution is 2.40. The van der Waals surface area contributed by atoms with Crippen LogP contribution in [0.3, 0.4) is 0 Å². The molecule has 0 bridgehead atoms. The Morgan fingerprint density at radius 1 is 0.372 bits per heavy atom. The molecule has 0 saturated carbocycles.